The lowest BCUT2D eigenvalue weighted by molar-refractivity contribution is 0.112. The molecule has 1 aliphatic rings. The molecule has 0 fully saturated rings. The van der Waals surface area contributed by atoms with Crippen LogP contribution in [0.5, 0.6) is 0 Å². The topological polar surface area (TPSA) is 56.1 Å². The number of aryl methyl sites for hydroxylation is 1. The van der Waals surface area contributed by atoms with Crippen molar-refractivity contribution in [1.82, 2.24) is 3.97 Å². The van der Waals surface area contributed by atoms with Crippen molar-refractivity contribution in [2.75, 3.05) is 0 Å². The number of fused-ring (bicyclic) bond motifs is 1. The predicted octanol–water partition coefficient (Wildman–Crippen LogP) is 3.61. The average Bonchev–Trinajstić information content (AvgIpc) is 2.94. The fourth-order valence-electron chi connectivity index (χ4n) is 3.19. The minimum absolute atomic E-state index is 0.429. The second-order valence-corrected chi connectivity index (χ2v) is 8.55. The van der Waals surface area contributed by atoms with E-state index >= 15 is 0 Å². The molecule has 0 aliphatic heterocycles. The lowest BCUT2D eigenvalue weighted by atomic mass is 9.98. The van der Waals surface area contributed by atoms with Crippen molar-refractivity contribution in [3.63, 3.8) is 0 Å². The summed E-state index contributed by atoms with van der Waals surface area (Å²) >= 11 is 0. The maximum Gasteiger partial charge on any atom is 0.248 e. The molecule has 1 aliphatic carbocycles. The molecule has 0 radical (unpaired) electrons. The summed E-state index contributed by atoms with van der Waals surface area (Å²) in [7, 11) is -3.65. The van der Waals surface area contributed by atoms with Gasteiger partial charge in [-0.25, -0.2) is 12.4 Å². The van der Waals surface area contributed by atoms with Gasteiger partial charge in [-0.2, -0.15) is 0 Å². The summed E-state index contributed by atoms with van der Waals surface area (Å²) in [5.74, 6) is 0. The number of carbonyl (C=O) groups excluding carboxylic acids is 1. The molecule has 0 amide bonds. The van der Waals surface area contributed by atoms with Crippen molar-refractivity contribution in [3.8, 4) is 0 Å². The number of aldehydes is 1. The molecule has 3 rings (SSSR count). The van der Waals surface area contributed by atoms with Crippen LogP contribution in [0.25, 0.3) is 10.9 Å². The molecule has 0 N–H and O–H groups in total. The zero-order valence-corrected chi connectivity index (χ0v) is 14.2. The Balaban J connectivity index is 2.29. The molecule has 0 spiro atoms. The first kappa shape index (κ1) is 15.7. The van der Waals surface area contributed by atoms with Crippen LogP contribution in [-0.4, -0.2) is 23.4 Å². The van der Waals surface area contributed by atoms with Crippen molar-refractivity contribution in [1.29, 1.82) is 0 Å². The Labute approximate surface area is 136 Å². The molecular weight excluding hydrogens is 310 g/mol. The number of carbonyl (C=O) groups is 1. The molecule has 23 heavy (non-hydrogen) atoms. The summed E-state index contributed by atoms with van der Waals surface area (Å²) in [5.41, 5.74) is 2.84. The van der Waals surface area contributed by atoms with Gasteiger partial charge in [0.05, 0.1) is 5.52 Å². The Morgan fingerprint density at radius 1 is 1.22 bits per heavy atom. The monoisotopic (exact) mass is 329 g/mol. The van der Waals surface area contributed by atoms with Gasteiger partial charge in [0, 0.05) is 17.1 Å². The van der Waals surface area contributed by atoms with Gasteiger partial charge in [-0.05, 0) is 38.8 Å². The minimum atomic E-state index is -3.65. The number of benzene rings is 1. The molecule has 4 nitrogen and oxygen atoms in total. The summed E-state index contributed by atoms with van der Waals surface area (Å²) in [6.45, 7) is 5.49. The molecular formula is C18H19NO3S. The van der Waals surface area contributed by atoms with Crippen LogP contribution in [-0.2, 0) is 10.0 Å². The number of hydrogen-bond donors (Lipinski definition) is 0. The second kappa shape index (κ2) is 5.20. The van der Waals surface area contributed by atoms with Crippen LogP contribution in [0, 0.1) is 6.92 Å². The van der Waals surface area contributed by atoms with E-state index in [1.54, 1.807) is 37.4 Å². The van der Waals surface area contributed by atoms with E-state index in [0.717, 1.165) is 17.4 Å². The highest BCUT2D eigenvalue weighted by Gasteiger charge is 2.39. The van der Waals surface area contributed by atoms with E-state index in [2.05, 4.69) is 0 Å². The normalized spacial score (nSPS) is 21.4. The van der Waals surface area contributed by atoms with E-state index in [1.165, 1.54) is 3.97 Å². The van der Waals surface area contributed by atoms with Crippen LogP contribution in [0.2, 0.25) is 0 Å². The smallest absolute Gasteiger partial charge is 0.248 e. The molecule has 5 heteroatoms. The molecule has 1 aromatic heterocycles. The van der Waals surface area contributed by atoms with Gasteiger partial charge < -0.3 is 0 Å². The maximum atomic E-state index is 13.3. The summed E-state index contributed by atoms with van der Waals surface area (Å²) in [6, 6.07) is 5.20. The lowest BCUT2D eigenvalue weighted by Gasteiger charge is -2.28. The van der Waals surface area contributed by atoms with Gasteiger partial charge in [0.25, 0.3) is 0 Å². The highest BCUT2D eigenvalue weighted by molar-refractivity contribution is 7.91. The Morgan fingerprint density at radius 3 is 2.61 bits per heavy atom. The Kier molecular flexibility index (Phi) is 3.56. The first-order valence-electron chi connectivity index (χ1n) is 7.47. The van der Waals surface area contributed by atoms with Crippen LogP contribution in [0.15, 0.2) is 48.2 Å². The molecule has 1 unspecified atom stereocenters. The summed E-state index contributed by atoms with van der Waals surface area (Å²) in [6.07, 6.45) is 8.36. The van der Waals surface area contributed by atoms with E-state index in [1.807, 2.05) is 26.0 Å². The van der Waals surface area contributed by atoms with E-state index < -0.39 is 14.8 Å². The minimum Gasteiger partial charge on any atom is -0.298 e. The Hall–Kier alpha value is -2.14. The Bertz CT molecular complexity index is 964. The molecule has 2 aromatic rings. The number of aromatic nitrogens is 1. The van der Waals surface area contributed by atoms with Gasteiger partial charge in [-0.15, -0.1) is 0 Å². The molecule has 0 saturated carbocycles. The molecule has 1 atom stereocenters. The fraction of sp³-hybridized carbons (Fsp3) is 0.278. The molecule has 120 valence electrons. The van der Waals surface area contributed by atoms with Crippen LogP contribution in [0.4, 0.5) is 0 Å². The van der Waals surface area contributed by atoms with E-state index in [0.29, 0.717) is 22.9 Å². The zero-order chi connectivity index (χ0) is 16.8. The summed E-state index contributed by atoms with van der Waals surface area (Å²) in [5, 5.41) is 0.666. The molecule has 1 aromatic carbocycles. The molecule has 0 bridgehead atoms. The third kappa shape index (κ3) is 2.27. The van der Waals surface area contributed by atoms with Crippen molar-refractivity contribution in [3.05, 3.63) is 59.3 Å². The summed E-state index contributed by atoms with van der Waals surface area (Å²) in [4.78, 5) is 11.2. The maximum absolute atomic E-state index is 13.3. The second-order valence-electron chi connectivity index (χ2n) is 6.28. The first-order valence-corrected chi connectivity index (χ1v) is 8.91. The average molecular weight is 329 g/mol. The van der Waals surface area contributed by atoms with Gasteiger partial charge in [-0.3, -0.25) is 4.79 Å². The fourth-order valence-corrected chi connectivity index (χ4v) is 4.99. The van der Waals surface area contributed by atoms with Crippen LogP contribution < -0.4 is 0 Å². The standard InChI is InChI=1S/C18H19NO3S/c1-13-5-4-9-18(3,11-13)23(21,22)19-10-8-16-15(12-20)7-6-14(2)17(16)19/h4-8,10-12H,9H2,1-3H3. The van der Waals surface area contributed by atoms with Crippen LogP contribution >= 0.6 is 0 Å². The Morgan fingerprint density at radius 2 is 1.96 bits per heavy atom. The van der Waals surface area contributed by atoms with Crippen LogP contribution in [0.1, 0.15) is 36.2 Å². The van der Waals surface area contributed by atoms with Gasteiger partial charge in [0.2, 0.25) is 10.0 Å². The SMILES string of the molecule is CC1=CC(C)(S(=O)(=O)n2ccc3c(C=O)ccc(C)c32)CC=C1. The third-order valence-corrected chi connectivity index (χ3v) is 6.75. The first-order chi connectivity index (χ1) is 10.8. The van der Waals surface area contributed by atoms with Gasteiger partial charge >= 0.3 is 0 Å². The van der Waals surface area contributed by atoms with E-state index in [9.17, 15) is 13.2 Å². The summed E-state index contributed by atoms with van der Waals surface area (Å²) < 4.78 is 26.9. The molecule has 1 heterocycles. The number of rotatable bonds is 3. The number of hydrogen-bond acceptors (Lipinski definition) is 3. The van der Waals surface area contributed by atoms with Gasteiger partial charge in [-0.1, -0.05) is 35.9 Å². The molecule has 0 saturated heterocycles. The highest BCUT2D eigenvalue weighted by atomic mass is 32.2. The van der Waals surface area contributed by atoms with Crippen molar-refractivity contribution >= 4 is 27.2 Å². The van der Waals surface area contributed by atoms with Gasteiger partial charge in [0.15, 0.2) is 6.29 Å². The lowest BCUT2D eigenvalue weighted by Crippen LogP contribution is -2.38. The third-order valence-electron chi connectivity index (χ3n) is 4.46. The largest absolute Gasteiger partial charge is 0.298 e. The quantitative estimate of drug-likeness (QED) is 0.808. The number of allylic oxidation sites excluding steroid dienone is 3. The number of nitrogens with zero attached hydrogens (tertiary/aromatic N) is 1. The van der Waals surface area contributed by atoms with Crippen molar-refractivity contribution in [2.45, 2.75) is 31.9 Å². The van der Waals surface area contributed by atoms with Crippen LogP contribution in [0.3, 0.4) is 0 Å². The van der Waals surface area contributed by atoms with Crippen molar-refractivity contribution < 1.29 is 13.2 Å². The van der Waals surface area contributed by atoms with E-state index in [-0.39, 0.29) is 0 Å². The highest BCUT2D eigenvalue weighted by Crippen LogP contribution is 2.34. The predicted molar refractivity (Wildman–Crippen MR) is 92.3 cm³/mol. The zero-order valence-electron chi connectivity index (χ0n) is 13.4. The van der Waals surface area contributed by atoms with E-state index in [4.69, 9.17) is 0 Å². The van der Waals surface area contributed by atoms with Gasteiger partial charge in [0.1, 0.15) is 4.75 Å². The van der Waals surface area contributed by atoms with Crippen molar-refractivity contribution in [2.24, 2.45) is 0 Å².